The Kier molecular flexibility index (Phi) is 3.42. The molecule has 1 saturated carbocycles. The Morgan fingerprint density at radius 2 is 2.32 bits per heavy atom. The topological polar surface area (TPSA) is 34.0 Å². The van der Waals surface area contributed by atoms with Crippen molar-refractivity contribution in [3.8, 4) is 0 Å². The Labute approximate surface area is 117 Å². The summed E-state index contributed by atoms with van der Waals surface area (Å²) in [4.78, 5) is 13.5. The molecule has 0 unspecified atom stereocenters. The molecule has 0 radical (unpaired) electrons. The van der Waals surface area contributed by atoms with Crippen LogP contribution in [0.5, 0.6) is 0 Å². The van der Waals surface area contributed by atoms with Gasteiger partial charge in [-0.1, -0.05) is 0 Å². The smallest absolute Gasteiger partial charge is 0.267 e. The van der Waals surface area contributed by atoms with E-state index in [0.29, 0.717) is 12.6 Å². The molecule has 0 saturated heterocycles. The van der Waals surface area contributed by atoms with Gasteiger partial charge >= 0.3 is 0 Å². The molecule has 0 atom stereocenters. The molecular weight excluding hydrogens is 256 g/mol. The molecule has 100 valence electrons. The summed E-state index contributed by atoms with van der Waals surface area (Å²) in [5.41, 5.74) is 2.12. The van der Waals surface area contributed by atoms with Gasteiger partial charge in [0.05, 0.1) is 0 Å². The predicted molar refractivity (Wildman–Crippen MR) is 77.8 cm³/mol. The highest BCUT2D eigenvalue weighted by Gasteiger charge is 2.26. The van der Waals surface area contributed by atoms with Crippen LogP contribution in [0, 0.1) is 6.92 Å². The first-order chi connectivity index (χ1) is 9.25. The summed E-state index contributed by atoms with van der Waals surface area (Å²) in [5, 5.41) is 5.12. The van der Waals surface area contributed by atoms with Gasteiger partial charge in [-0.15, -0.1) is 11.3 Å². The molecule has 0 aliphatic heterocycles. The first kappa shape index (κ1) is 12.5. The fourth-order valence-corrected chi connectivity index (χ4v) is 3.21. The number of carbonyl (C=O) groups is 1. The van der Waals surface area contributed by atoms with Gasteiger partial charge in [-0.25, -0.2) is 0 Å². The van der Waals surface area contributed by atoms with E-state index in [-0.39, 0.29) is 5.91 Å². The van der Waals surface area contributed by atoms with E-state index in [0.717, 1.165) is 12.1 Å². The van der Waals surface area contributed by atoms with Crippen molar-refractivity contribution >= 4 is 17.2 Å². The molecule has 1 fully saturated rings. The number of hydrogen-bond donors (Lipinski definition) is 1. The van der Waals surface area contributed by atoms with Crippen LogP contribution in [0.15, 0.2) is 29.8 Å². The number of thiophene rings is 1. The number of aryl methyl sites for hydroxylation is 1. The van der Waals surface area contributed by atoms with Crippen LogP contribution in [-0.2, 0) is 6.42 Å². The molecule has 0 spiro atoms. The van der Waals surface area contributed by atoms with Gasteiger partial charge in [0.1, 0.15) is 5.69 Å². The Morgan fingerprint density at radius 1 is 1.47 bits per heavy atom. The number of carbonyl (C=O) groups excluding carboxylic acids is 1. The van der Waals surface area contributed by atoms with E-state index < -0.39 is 0 Å². The molecule has 1 aliphatic carbocycles. The van der Waals surface area contributed by atoms with E-state index in [1.165, 1.54) is 23.3 Å². The maximum atomic E-state index is 12.1. The minimum atomic E-state index is 0.0473. The number of nitrogens with one attached hydrogen (secondary N) is 1. The summed E-state index contributed by atoms with van der Waals surface area (Å²) in [6, 6.07) is 6.54. The quantitative estimate of drug-likeness (QED) is 0.893. The van der Waals surface area contributed by atoms with Crippen molar-refractivity contribution in [2.45, 2.75) is 32.2 Å². The Morgan fingerprint density at radius 3 is 3.00 bits per heavy atom. The zero-order valence-electron chi connectivity index (χ0n) is 11.1. The molecule has 1 amide bonds. The highest BCUT2D eigenvalue weighted by Crippen LogP contribution is 2.35. The number of nitrogens with zero attached hydrogens (tertiary/aromatic N) is 1. The summed E-state index contributed by atoms with van der Waals surface area (Å²) >= 11 is 1.76. The lowest BCUT2D eigenvalue weighted by molar-refractivity contribution is 0.0944. The van der Waals surface area contributed by atoms with Crippen molar-refractivity contribution in [1.82, 2.24) is 9.88 Å². The third-order valence-electron chi connectivity index (χ3n) is 3.56. The number of rotatable bonds is 5. The Bertz CT molecular complexity index is 580. The van der Waals surface area contributed by atoms with Gasteiger partial charge in [-0.3, -0.25) is 4.79 Å². The fourth-order valence-electron chi connectivity index (χ4n) is 2.30. The van der Waals surface area contributed by atoms with E-state index in [1.807, 2.05) is 18.3 Å². The standard InChI is InChI=1S/C15H18N2OS/c1-11-7-10-19-14(11)6-8-16-15(18)13-3-2-9-17(13)12-4-5-12/h2-3,7,9-10,12H,4-6,8H2,1H3,(H,16,18). The van der Waals surface area contributed by atoms with E-state index in [4.69, 9.17) is 0 Å². The molecule has 0 aromatic carbocycles. The van der Waals surface area contributed by atoms with E-state index >= 15 is 0 Å². The lowest BCUT2D eigenvalue weighted by atomic mass is 10.2. The molecule has 3 nitrogen and oxygen atoms in total. The van der Waals surface area contributed by atoms with Crippen molar-refractivity contribution in [3.63, 3.8) is 0 Å². The minimum absolute atomic E-state index is 0.0473. The van der Waals surface area contributed by atoms with Gasteiger partial charge in [-0.05, 0) is 55.3 Å². The minimum Gasteiger partial charge on any atom is -0.350 e. The molecule has 3 rings (SSSR count). The first-order valence-electron chi connectivity index (χ1n) is 6.73. The summed E-state index contributed by atoms with van der Waals surface area (Å²) in [7, 11) is 0. The average Bonchev–Trinajstić information content (AvgIpc) is 2.98. The van der Waals surface area contributed by atoms with Crippen molar-refractivity contribution in [2.24, 2.45) is 0 Å². The fraction of sp³-hybridized carbons (Fsp3) is 0.400. The van der Waals surface area contributed by atoms with Gasteiger partial charge in [-0.2, -0.15) is 0 Å². The van der Waals surface area contributed by atoms with Crippen LogP contribution in [0.2, 0.25) is 0 Å². The molecule has 19 heavy (non-hydrogen) atoms. The number of hydrogen-bond acceptors (Lipinski definition) is 2. The maximum absolute atomic E-state index is 12.1. The molecule has 0 bridgehead atoms. The molecular formula is C15H18N2OS. The second kappa shape index (κ2) is 5.21. The predicted octanol–water partition coefficient (Wildman–Crippen LogP) is 3.17. The number of aromatic nitrogens is 1. The maximum Gasteiger partial charge on any atom is 0.267 e. The monoisotopic (exact) mass is 274 g/mol. The summed E-state index contributed by atoms with van der Waals surface area (Å²) in [5.74, 6) is 0.0473. The van der Waals surface area contributed by atoms with Crippen LogP contribution < -0.4 is 5.32 Å². The third-order valence-corrected chi connectivity index (χ3v) is 4.64. The summed E-state index contributed by atoms with van der Waals surface area (Å²) in [6.45, 7) is 2.82. The molecule has 1 N–H and O–H groups in total. The van der Waals surface area contributed by atoms with Crippen molar-refractivity contribution in [1.29, 1.82) is 0 Å². The van der Waals surface area contributed by atoms with E-state index in [2.05, 4.69) is 28.3 Å². The summed E-state index contributed by atoms with van der Waals surface area (Å²) < 4.78 is 2.10. The summed E-state index contributed by atoms with van der Waals surface area (Å²) in [6.07, 6.45) is 5.32. The lowest BCUT2D eigenvalue weighted by Crippen LogP contribution is -2.27. The third kappa shape index (κ3) is 2.73. The molecule has 4 heteroatoms. The first-order valence-corrected chi connectivity index (χ1v) is 7.61. The van der Waals surface area contributed by atoms with E-state index in [1.54, 1.807) is 11.3 Å². The molecule has 2 aromatic heterocycles. The van der Waals surface area contributed by atoms with Crippen LogP contribution in [0.1, 0.15) is 39.8 Å². The van der Waals surface area contributed by atoms with Crippen LogP contribution in [0.25, 0.3) is 0 Å². The zero-order valence-corrected chi connectivity index (χ0v) is 11.9. The van der Waals surface area contributed by atoms with Gasteiger partial charge in [0, 0.05) is 23.7 Å². The normalized spacial score (nSPS) is 14.6. The van der Waals surface area contributed by atoms with Gasteiger partial charge < -0.3 is 9.88 Å². The van der Waals surface area contributed by atoms with Crippen LogP contribution in [0.4, 0.5) is 0 Å². The second-order valence-electron chi connectivity index (χ2n) is 5.06. The number of amides is 1. The molecule has 2 aromatic rings. The highest BCUT2D eigenvalue weighted by atomic mass is 32.1. The van der Waals surface area contributed by atoms with Crippen molar-refractivity contribution in [3.05, 3.63) is 45.9 Å². The lowest BCUT2D eigenvalue weighted by Gasteiger charge is -2.08. The SMILES string of the molecule is Cc1ccsc1CCNC(=O)c1cccn1C1CC1. The molecule has 2 heterocycles. The van der Waals surface area contributed by atoms with Gasteiger partial charge in [0.15, 0.2) is 0 Å². The Balaban J connectivity index is 1.56. The van der Waals surface area contributed by atoms with Crippen molar-refractivity contribution < 1.29 is 4.79 Å². The largest absolute Gasteiger partial charge is 0.350 e. The molecule has 1 aliphatic rings. The Hall–Kier alpha value is -1.55. The highest BCUT2D eigenvalue weighted by molar-refractivity contribution is 7.10. The van der Waals surface area contributed by atoms with Crippen molar-refractivity contribution in [2.75, 3.05) is 6.54 Å². The van der Waals surface area contributed by atoms with Crippen LogP contribution >= 0.6 is 11.3 Å². The van der Waals surface area contributed by atoms with E-state index in [9.17, 15) is 4.79 Å². The zero-order chi connectivity index (χ0) is 13.2. The average molecular weight is 274 g/mol. The second-order valence-corrected chi connectivity index (χ2v) is 6.07. The van der Waals surface area contributed by atoms with Crippen LogP contribution in [0.3, 0.4) is 0 Å². The van der Waals surface area contributed by atoms with Crippen LogP contribution in [-0.4, -0.2) is 17.0 Å². The van der Waals surface area contributed by atoms with Gasteiger partial charge in [0.2, 0.25) is 0 Å². The van der Waals surface area contributed by atoms with Gasteiger partial charge in [0.25, 0.3) is 5.91 Å².